The zero-order valence-corrected chi connectivity index (χ0v) is 15.4. The van der Waals surface area contributed by atoms with E-state index in [0.29, 0.717) is 0 Å². The van der Waals surface area contributed by atoms with E-state index < -0.39 is 12.1 Å². The van der Waals surface area contributed by atoms with Crippen molar-refractivity contribution in [3.63, 3.8) is 0 Å². The molecule has 5 heteroatoms. The highest BCUT2D eigenvalue weighted by Crippen LogP contribution is 2.27. The van der Waals surface area contributed by atoms with Crippen molar-refractivity contribution in [2.75, 3.05) is 0 Å². The Bertz CT molecular complexity index is 591. The Morgan fingerprint density at radius 1 is 1.25 bits per heavy atom. The molecule has 0 aliphatic heterocycles. The Kier molecular flexibility index (Phi) is 5.73. The van der Waals surface area contributed by atoms with Crippen LogP contribution in [-0.2, 0) is 14.9 Å². The number of amides is 1. The van der Waals surface area contributed by atoms with E-state index >= 15 is 0 Å². The fourth-order valence-corrected chi connectivity index (χ4v) is 2.89. The van der Waals surface area contributed by atoms with Crippen molar-refractivity contribution in [1.29, 1.82) is 0 Å². The molecule has 5 nitrogen and oxygen atoms in total. The number of nitrogens with one attached hydrogen (secondary N) is 1. The summed E-state index contributed by atoms with van der Waals surface area (Å²) in [7, 11) is 0. The number of furan rings is 1. The fraction of sp³-hybridized carbons (Fsp3) is 0.684. The first-order chi connectivity index (χ1) is 11.2. The van der Waals surface area contributed by atoms with Crippen molar-refractivity contribution < 1.29 is 18.7 Å². The van der Waals surface area contributed by atoms with Crippen molar-refractivity contribution in [2.45, 2.75) is 84.3 Å². The molecule has 1 heterocycles. The van der Waals surface area contributed by atoms with Crippen LogP contribution in [0.2, 0.25) is 0 Å². The van der Waals surface area contributed by atoms with E-state index in [4.69, 9.17) is 9.15 Å². The number of rotatable bonds is 4. The summed E-state index contributed by atoms with van der Waals surface area (Å²) in [4.78, 5) is 24.5. The Labute approximate surface area is 144 Å². The van der Waals surface area contributed by atoms with Crippen molar-refractivity contribution in [3.05, 3.63) is 23.2 Å². The highest BCUT2D eigenvalue weighted by Gasteiger charge is 2.27. The van der Waals surface area contributed by atoms with Gasteiger partial charge in [0.15, 0.2) is 6.10 Å². The Hall–Kier alpha value is -1.78. The molecule has 1 aliphatic carbocycles. The van der Waals surface area contributed by atoms with Gasteiger partial charge in [0.05, 0.1) is 0 Å². The standard InChI is InChI=1S/C19H29NO4/c1-12-11-15(19(3,4)5)24-16(12)18(22)23-13(2)17(21)20-14-9-7-6-8-10-14/h11,13-14H,6-10H2,1-5H3,(H,20,21). The van der Waals surface area contributed by atoms with Gasteiger partial charge in [0, 0.05) is 17.0 Å². The topological polar surface area (TPSA) is 68.5 Å². The molecule has 24 heavy (non-hydrogen) atoms. The van der Waals surface area contributed by atoms with E-state index in [9.17, 15) is 9.59 Å². The van der Waals surface area contributed by atoms with Gasteiger partial charge in [-0.05, 0) is 32.8 Å². The van der Waals surface area contributed by atoms with Crippen LogP contribution >= 0.6 is 0 Å². The first-order valence-electron chi connectivity index (χ1n) is 8.80. The molecule has 1 N–H and O–H groups in total. The third kappa shape index (κ3) is 4.62. The number of aryl methyl sites for hydroxylation is 1. The number of carbonyl (C=O) groups excluding carboxylic acids is 2. The van der Waals surface area contributed by atoms with Crippen LogP contribution in [0.4, 0.5) is 0 Å². The quantitative estimate of drug-likeness (QED) is 0.848. The second kappa shape index (κ2) is 7.41. The average molecular weight is 335 g/mol. The maximum absolute atomic E-state index is 12.3. The maximum atomic E-state index is 12.3. The van der Waals surface area contributed by atoms with Gasteiger partial charge in [-0.1, -0.05) is 40.0 Å². The van der Waals surface area contributed by atoms with Crippen LogP contribution in [0, 0.1) is 6.92 Å². The molecular formula is C19H29NO4. The highest BCUT2D eigenvalue weighted by atomic mass is 16.6. The monoisotopic (exact) mass is 335 g/mol. The summed E-state index contributed by atoms with van der Waals surface area (Å²) in [5.74, 6) is 0.0771. The summed E-state index contributed by atoms with van der Waals surface area (Å²) in [5, 5.41) is 2.97. The molecule has 1 fully saturated rings. The van der Waals surface area contributed by atoms with E-state index in [-0.39, 0.29) is 23.1 Å². The molecule has 134 valence electrons. The second-order valence-corrected chi connectivity index (χ2v) is 7.76. The van der Waals surface area contributed by atoms with E-state index in [1.165, 1.54) is 6.42 Å². The molecule has 1 amide bonds. The van der Waals surface area contributed by atoms with E-state index in [2.05, 4.69) is 5.32 Å². The number of esters is 1. The number of hydrogen-bond donors (Lipinski definition) is 1. The molecule has 1 aliphatic rings. The Morgan fingerprint density at radius 2 is 1.88 bits per heavy atom. The third-order valence-electron chi connectivity index (χ3n) is 4.45. The summed E-state index contributed by atoms with van der Waals surface area (Å²) in [6, 6.07) is 2.05. The van der Waals surface area contributed by atoms with Gasteiger partial charge in [-0.25, -0.2) is 4.79 Å². The summed E-state index contributed by atoms with van der Waals surface area (Å²) in [5.41, 5.74) is 0.539. The van der Waals surface area contributed by atoms with Gasteiger partial charge < -0.3 is 14.5 Å². The minimum atomic E-state index is -0.831. The smallest absolute Gasteiger partial charge is 0.375 e. The third-order valence-corrected chi connectivity index (χ3v) is 4.45. The molecule has 1 aromatic heterocycles. The first kappa shape index (κ1) is 18.6. The summed E-state index contributed by atoms with van der Waals surface area (Å²) in [6.45, 7) is 9.45. The van der Waals surface area contributed by atoms with Gasteiger partial charge in [0.2, 0.25) is 5.76 Å². The number of hydrogen-bond acceptors (Lipinski definition) is 4. The highest BCUT2D eigenvalue weighted by molar-refractivity contribution is 5.91. The van der Waals surface area contributed by atoms with Crippen LogP contribution in [0.3, 0.4) is 0 Å². The van der Waals surface area contributed by atoms with Gasteiger partial charge >= 0.3 is 5.97 Å². The molecule has 0 saturated heterocycles. The van der Waals surface area contributed by atoms with Crippen LogP contribution in [0.25, 0.3) is 0 Å². The molecule has 1 saturated carbocycles. The van der Waals surface area contributed by atoms with E-state index in [0.717, 1.165) is 37.0 Å². The van der Waals surface area contributed by atoms with Gasteiger partial charge in [-0.15, -0.1) is 0 Å². The largest absolute Gasteiger partial charge is 0.453 e. The van der Waals surface area contributed by atoms with Crippen molar-refractivity contribution >= 4 is 11.9 Å². The molecule has 2 rings (SSSR count). The lowest BCUT2D eigenvalue weighted by atomic mass is 9.93. The predicted molar refractivity (Wildman–Crippen MR) is 92.0 cm³/mol. The van der Waals surface area contributed by atoms with Gasteiger partial charge in [0.1, 0.15) is 5.76 Å². The fourth-order valence-electron chi connectivity index (χ4n) is 2.89. The molecular weight excluding hydrogens is 306 g/mol. The maximum Gasteiger partial charge on any atom is 0.375 e. The lowest BCUT2D eigenvalue weighted by molar-refractivity contribution is -0.130. The lowest BCUT2D eigenvalue weighted by Crippen LogP contribution is -2.42. The number of ether oxygens (including phenoxy) is 1. The molecule has 0 radical (unpaired) electrons. The van der Waals surface area contributed by atoms with Crippen LogP contribution in [0.5, 0.6) is 0 Å². The molecule has 1 atom stereocenters. The van der Waals surface area contributed by atoms with Crippen LogP contribution in [-0.4, -0.2) is 24.0 Å². The van der Waals surface area contributed by atoms with Crippen molar-refractivity contribution in [1.82, 2.24) is 5.32 Å². The SMILES string of the molecule is Cc1cc(C(C)(C)C)oc1C(=O)OC(C)C(=O)NC1CCCCC1. The molecule has 0 spiro atoms. The molecule has 0 bridgehead atoms. The Morgan fingerprint density at radius 3 is 2.42 bits per heavy atom. The minimum absolute atomic E-state index is 0.178. The van der Waals surface area contributed by atoms with Gasteiger partial charge in [0.25, 0.3) is 5.91 Å². The van der Waals surface area contributed by atoms with E-state index in [1.54, 1.807) is 6.92 Å². The van der Waals surface area contributed by atoms with Crippen molar-refractivity contribution in [2.24, 2.45) is 0 Å². The first-order valence-corrected chi connectivity index (χ1v) is 8.80. The van der Waals surface area contributed by atoms with Crippen molar-refractivity contribution in [3.8, 4) is 0 Å². The second-order valence-electron chi connectivity index (χ2n) is 7.76. The minimum Gasteiger partial charge on any atom is -0.453 e. The van der Waals surface area contributed by atoms with Crippen LogP contribution in [0.1, 0.15) is 81.7 Å². The van der Waals surface area contributed by atoms with Gasteiger partial charge in [-0.2, -0.15) is 0 Å². The van der Waals surface area contributed by atoms with E-state index in [1.807, 2.05) is 33.8 Å². The summed E-state index contributed by atoms with van der Waals surface area (Å²) in [6.07, 6.45) is 4.67. The predicted octanol–water partition coefficient (Wildman–Crippen LogP) is 3.88. The zero-order chi connectivity index (χ0) is 17.9. The molecule has 0 aromatic carbocycles. The molecule has 1 unspecified atom stereocenters. The zero-order valence-electron chi connectivity index (χ0n) is 15.4. The normalized spacial score (nSPS) is 17.4. The molecule has 1 aromatic rings. The van der Waals surface area contributed by atoms with Crippen LogP contribution in [0.15, 0.2) is 10.5 Å². The number of carbonyl (C=O) groups is 2. The average Bonchev–Trinajstić information content (AvgIpc) is 2.90. The lowest BCUT2D eigenvalue weighted by Gasteiger charge is -2.24. The summed E-state index contributed by atoms with van der Waals surface area (Å²) < 4.78 is 11.0. The summed E-state index contributed by atoms with van der Waals surface area (Å²) >= 11 is 0. The Balaban J connectivity index is 1.95. The van der Waals surface area contributed by atoms with Gasteiger partial charge in [-0.3, -0.25) is 4.79 Å². The van der Waals surface area contributed by atoms with Crippen LogP contribution < -0.4 is 5.32 Å².